The molecule has 0 radical (unpaired) electrons. The van der Waals surface area contributed by atoms with Crippen LogP contribution in [-0.4, -0.2) is 6.61 Å². The molecule has 0 saturated carbocycles. The lowest BCUT2D eigenvalue weighted by Gasteiger charge is -2.16. The fourth-order valence-corrected chi connectivity index (χ4v) is 2.57. The highest BCUT2D eigenvalue weighted by atomic mass is 19.1. The molecule has 2 aromatic carbocycles. The number of halogens is 1. The second-order valence-electron chi connectivity index (χ2n) is 6.01. The van der Waals surface area contributed by atoms with E-state index in [9.17, 15) is 9.65 Å². The van der Waals surface area contributed by atoms with Gasteiger partial charge in [-0.15, -0.1) is 0 Å². The fraction of sp³-hybridized carbons (Fsp3) is 0.286. The van der Waals surface area contributed by atoms with Crippen LogP contribution in [0.3, 0.4) is 0 Å². The normalized spacial score (nSPS) is 11.5. The van der Waals surface area contributed by atoms with Crippen molar-refractivity contribution in [3.05, 3.63) is 64.5 Å². The molecular weight excluding hydrogens is 301 g/mol. The number of aryl methyl sites for hydroxylation is 1. The van der Waals surface area contributed by atoms with Crippen LogP contribution in [0.1, 0.15) is 48.9 Å². The first-order chi connectivity index (χ1) is 11.5. The van der Waals surface area contributed by atoms with Gasteiger partial charge >= 0.3 is 0 Å². The molecule has 0 unspecified atom stereocenters. The first-order valence-corrected chi connectivity index (χ1v) is 8.11. The Bertz CT molecular complexity index is 783. The summed E-state index contributed by atoms with van der Waals surface area (Å²) < 4.78 is 18.8. The minimum absolute atomic E-state index is 0.310. The van der Waals surface area contributed by atoms with Gasteiger partial charge < -0.3 is 4.74 Å². The average Bonchev–Trinajstić information content (AvgIpc) is 2.55. The maximum absolute atomic E-state index is 13.1. The highest BCUT2D eigenvalue weighted by Gasteiger charge is 2.12. The van der Waals surface area contributed by atoms with E-state index in [0.717, 1.165) is 22.4 Å². The summed E-state index contributed by atoms with van der Waals surface area (Å²) in [7, 11) is 0. The zero-order chi connectivity index (χ0) is 17.7. The van der Waals surface area contributed by atoms with Gasteiger partial charge in [0.1, 0.15) is 11.6 Å². The van der Waals surface area contributed by atoms with Gasteiger partial charge in [-0.1, -0.05) is 26.0 Å². The Kier molecular flexibility index (Phi) is 5.76. The Hall–Kier alpha value is -2.60. The van der Waals surface area contributed by atoms with Crippen molar-refractivity contribution in [1.82, 2.24) is 0 Å². The number of allylic oxidation sites excluding steroid dienone is 1. The maximum Gasteiger partial charge on any atom is 0.123 e. The Morgan fingerprint density at radius 1 is 1.25 bits per heavy atom. The van der Waals surface area contributed by atoms with E-state index in [4.69, 9.17) is 4.74 Å². The summed E-state index contributed by atoms with van der Waals surface area (Å²) in [5.41, 5.74) is 4.35. The Labute approximate surface area is 143 Å². The molecule has 0 bridgehead atoms. The third kappa shape index (κ3) is 4.02. The van der Waals surface area contributed by atoms with Crippen LogP contribution in [0, 0.1) is 24.1 Å². The third-order valence-corrected chi connectivity index (χ3v) is 3.90. The third-order valence-electron chi connectivity index (χ3n) is 3.90. The summed E-state index contributed by atoms with van der Waals surface area (Å²) in [5.74, 6) is 0.897. The van der Waals surface area contributed by atoms with E-state index in [0.29, 0.717) is 23.7 Å². The van der Waals surface area contributed by atoms with E-state index in [2.05, 4.69) is 26.0 Å². The standard InChI is InChI=1S/C21H22FNO/c1-5-24-21-10-15(4)17(12-20(21)14(2)3)11-18(13-23)16-6-8-19(22)9-7-16/h6-12,14H,5H2,1-4H3/b18-11+. The van der Waals surface area contributed by atoms with Crippen LogP contribution in [0.4, 0.5) is 4.39 Å². The SMILES string of the molecule is CCOc1cc(C)c(/C=C(\C#N)c2ccc(F)cc2)cc1C(C)C. The second kappa shape index (κ2) is 7.79. The van der Waals surface area contributed by atoms with Gasteiger partial charge in [0.05, 0.1) is 18.2 Å². The molecule has 0 spiro atoms. The number of hydrogen-bond donors (Lipinski definition) is 0. The van der Waals surface area contributed by atoms with Gasteiger partial charge in [0, 0.05) is 0 Å². The van der Waals surface area contributed by atoms with Crippen molar-refractivity contribution in [1.29, 1.82) is 5.26 Å². The minimum atomic E-state index is -0.310. The predicted molar refractivity (Wildman–Crippen MR) is 96.3 cm³/mol. The number of nitriles is 1. The van der Waals surface area contributed by atoms with Crippen molar-refractivity contribution in [2.75, 3.05) is 6.61 Å². The number of benzene rings is 2. The van der Waals surface area contributed by atoms with Crippen molar-refractivity contribution in [3.63, 3.8) is 0 Å². The lowest BCUT2D eigenvalue weighted by molar-refractivity contribution is 0.335. The van der Waals surface area contributed by atoms with Gasteiger partial charge in [0.2, 0.25) is 0 Å². The molecule has 2 nitrogen and oxygen atoms in total. The molecule has 124 valence electrons. The molecule has 0 atom stereocenters. The summed E-state index contributed by atoms with van der Waals surface area (Å²) in [6.07, 6.45) is 1.85. The monoisotopic (exact) mass is 323 g/mol. The van der Waals surface area contributed by atoms with Gasteiger partial charge in [-0.05, 0) is 72.4 Å². The first kappa shape index (κ1) is 17.7. The molecule has 0 N–H and O–H groups in total. The van der Waals surface area contributed by atoms with Crippen molar-refractivity contribution in [3.8, 4) is 11.8 Å². The largest absolute Gasteiger partial charge is 0.494 e. The molecule has 0 aliphatic rings. The summed E-state index contributed by atoms with van der Waals surface area (Å²) >= 11 is 0. The van der Waals surface area contributed by atoms with E-state index in [1.165, 1.54) is 12.1 Å². The predicted octanol–water partition coefficient (Wildman–Crippen LogP) is 5.72. The summed E-state index contributed by atoms with van der Waals surface area (Å²) in [5, 5.41) is 9.48. The van der Waals surface area contributed by atoms with Crippen molar-refractivity contribution < 1.29 is 9.13 Å². The molecule has 0 heterocycles. The highest BCUT2D eigenvalue weighted by Crippen LogP contribution is 2.31. The summed E-state index contributed by atoms with van der Waals surface area (Å²) in [6, 6.07) is 12.3. The van der Waals surface area contributed by atoms with Gasteiger partial charge in [0.15, 0.2) is 0 Å². The first-order valence-electron chi connectivity index (χ1n) is 8.11. The van der Waals surface area contributed by atoms with Crippen LogP contribution in [0.25, 0.3) is 11.6 Å². The average molecular weight is 323 g/mol. The molecule has 2 aromatic rings. The molecule has 3 heteroatoms. The van der Waals surface area contributed by atoms with Crippen molar-refractivity contribution in [2.45, 2.75) is 33.6 Å². The van der Waals surface area contributed by atoms with E-state index in [-0.39, 0.29) is 5.82 Å². The lowest BCUT2D eigenvalue weighted by Crippen LogP contribution is -2.00. The van der Waals surface area contributed by atoms with E-state index in [1.807, 2.05) is 26.0 Å². The maximum atomic E-state index is 13.1. The summed E-state index contributed by atoms with van der Waals surface area (Å²) in [6.45, 7) is 8.82. The van der Waals surface area contributed by atoms with E-state index >= 15 is 0 Å². The molecule has 2 rings (SSSR count). The molecule has 0 fully saturated rings. The number of ether oxygens (including phenoxy) is 1. The van der Waals surface area contributed by atoms with Crippen LogP contribution < -0.4 is 4.74 Å². The second-order valence-corrected chi connectivity index (χ2v) is 6.01. The number of hydrogen-bond acceptors (Lipinski definition) is 2. The van der Waals surface area contributed by atoms with E-state index < -0.39 is 0 Å². The Balaban J connectivity index is 2.52. The summed E-state index contributed by atoms with van der Waals surface area (Å²) in [4.78, 5) is 0. The Morgan fingerprint density at radius 2 is 1.92 bits per heavy atom. The van der Waals surface area contributed by atoms with Crippen LogP contribution >= 0.6 is 0 Å². The van der Waals surface area contributed by atoms with Gasteiger partial charge in [-0.2, -0.15) is 5.26 Å². The van der Waals surface area contributed by atoms with Crippen LogP contribution in [0.15, 0.2) is 36.4 Å². The van der Waals surface area contributed by atoms with Gasteiger partial charge in [-0.25, -0.2) is 4.39 Å². The van der Waals surface area contributed by atoms with Gasteiger partial charge in [0.25, 0.3) is 0 Å². The number of nitrogens with zero attached hydrogens (tertiary/aromatic N) is 1. The molecule has 0 saturated heterocycles. The van der Waals surface area contributed by atoms with E-state index in [1.54, 1.807) is 12.1 Å². The minimum Gasteiger partial charge on any atom is -0.494 e. The molecule has 0 aliphatic carbocycles. The molecular formula is C21H22FNO. The quantitative estimate of drug-likeness (QED) is 0.521. The number of rotatable bonds is 5. The highest BCUT2D eigenvalue weighted by molar-refractivity contribution is 5.90. The Morgan fingerprint density at radius 3 is 2.46 bits per heavy atom. The topological polar surface area (TPSA) is 33.0 Å². The van der Waals surface area contributed by atoms with Crippen molar-refractivity contribution >= 4 is 11.6 Å². The molecule has 24 heavy (non-hydrogen) atoms. The molecule has 0 amide bonds. The van der Waals surface area contributed by atoms with Gasteiger partial charge in [-0.3, -0.25) is 0 Å². The fourth-order valence-electron chi connectivity index (χ4n) is 2.57. The van der Waals surface area contributed by atoms with Crippen molar-refractivity contribution in [2.24, 2.45) is 0 Å². The molecule has 0 aromatic heterocycles. The van der Waals surface area contributed by atoms with Crippen LogP contribution in [0.2, 0.25) is 0 Å². The zero-order valence-corrected chi connectivity index (χ0v) is 14.6. The smallest absolute Gasteiger partial charge is 0.123 e. The molecule has 0 aliphatic heterocycles. The van der Waals surface area contributed by atoms with Crippen LogP contribution in [-0.2, 0) is 0 Å². The van der Waals surface area contributed by atoms with Crippen LogP contribution in [0.5, 0.6) is 5.75 Å². The lowest BCUT2D eigenvalue weighted by atomic mass is 9.94. The zero-order valence-electron chi connectivity index (χ0n) is 14.6.